The molecule has 0 aliphatic rings. The largest absolute Gasteiger partial charge is 0.497 e. The molecule has 1 aromatic carbocycles. The summed E-state index contributed by atoms with van der Waals surface area (Å²) in [5.41, 5.74) is 0.293. The Balaban J connectivity index is 2.82. The quantitative estimate of drug-likeness (QED) is 0.621. The van der Waals surface area contributed by atoms with Crippen molar-refractivity contribution in [2.24, 2.45) is 0 Å². The van der Waals surface area contributed by atoms with E-state index in [2.05, 4.69) is 32.0 Å². The number of benzene rings is 1. The maximum atomic E-state index is 12.1. The maximum Gasteiger partial charge on any atom is 0.254 e. The molecule has 1 atom stereocenters. The van der Waals surface area contributed by atoms with E-state index in [1.165, 1.54) is 26.4 Å². The van der Waals surface area contributed by atoms with Gasteiger partial charge in [0.25, 0.3) is 5.91 Å². The first-order valence-corrected chi connectivity index (χ1v) is 6.57. The summed E-state index contributed by atoms with van der Waals surface area (Å²) in [6.07, 6.45) is -1.09. The van der Waals surface area contributed by atoms with Crippen LogP contribution in [0.25, 0.3) is 0 Å². The normalized spacial score (nSPS) is 10.6. The minimum Gasteiger partial charge on any atom is -0.497 e. The van der Waals surface area contributed by atoms with Gasteiger partial charge in [0, 0.05) is 27.6 Å². The molecule has 0 heterocycles. The van der Waals surface area contributed by atoms with Crippen LogP contribution >= 0.6 is 15.9 Å². The Morgan fingerprint density at radius 2 is 1.95 bits per heavy atom. The Kier molecular flexibility index (Phi) is 7.10. The molecule has 1 rings (SSSR count). The summed E-state index contributed by atoms with van der Waals surface area (Å²) in [7, 11) is 2.97. The summed E-state index contributed by atoms with van der Waals surface area (Å²) in [6.45, 7) is 0.0190. The molecule has 0 aliphatic carbocycles. The standard InChI is InChI=1S/C14H13BrN2O4/c1-19-11-6-10(7-12(8-11)20-2)14(18)17-13(9-16)21-5-3-4-15/h6-8,13H,5H2,1-2H3,(H,17,18). The monoisotopic (exact) mass is 352 g/mol. The van der Waals surface area contributed by atoms with E-state index in [0.717, 1.165) is 0 Å². The molecule has 0 saturated carbocycles. The smallest absolute Gasteiger partial charge is 0.254 e. The SMILES string of the molecule is COc1cc(OC)cc(C(=O)NC(C#N)OCC#CBr)c1. The number of nitrogens with one attached hydrogen (secondary N) is 1. The van der Waals surface area contributed by atoms with Crippen LogP contribution in [0.15, 0.2) is 18.2 Å². The van der Waals surface area contributed by atoms with Crippen LogP contribution in [0.1, 0.15) is 10.4 Å². The van der Waals surface area contributed by atoms with Crippen LogP contribution in [-0.2, 0) is 4.74 Å². The molecule has 1 amide bonds. The summed E-state index contributed by atoms with van der Waals surface area (Å²) < 4.78 is 15.2. The molecule has 0 aliphatic heterocycles. The Morgan fingerprint density at radius 1 is 1.33 bits per heavy atom. The van der Waals surface area contributed by atoms with Gasteiger partial charge in [-0.25, -0.2) is 0 Å². The van der Waals surface area contributed by atoms with Crippen molar-refractivity contribution in [1.29, 1.82) is 5.26 Å². The van der Waals surface area contributed by atoms with Crippen molar-refractivity contribution in [2.45, 2.75) is 6.23 Å². The van der Waals surface area contributed by atoms with Gasteiger partial charge in [0.05, 0.1) is 14.2 Å². The van der Waals surface area contributed by atoms with Gasteiger partial charge in [-0.15, -0.1) is 0 Å². The highest BCUT2D eigenvalue weighted by Gasteiger charge is 2.15. The number of rotatable bonds is 6. The van der Waals surface area contributed by atoms with Gasteiger partial charge in [0.15, 0.2) is 0 Å². The third-order valence-corrected chi connectivity index (χ3v) is 2.66. The van der Waals surface area contributed by atoms with Gasteiger partial charge in [0.1, 0.15) is 24.2 Å². The molecule has 0 spiro atoms. The molecule has 0 bridgehead atoms. The van der Waals surface area contributed by atoms with E-state index < -0.39 is 12.1 Å². The highest BCUT2D eigenvalue weighted by atomic mass is 79.9. The van der Waals surface area contributed by atoms with Crippen molar-refractivity contribution >= 4 is 21.8 Å². The Morgan fingerprint density at radius 3 is 2.43 bits per heavy atom. The first kappa shape index (κ1) is 16.8. The molecule has 0 fully saturated rings. The van der Waals surface area contributed by atoms with Crippen LogP contribution < -0.4 is 14.8 Å². The number of ether oxygens (including phenoxy) is 3. The van der Waals surface area contributed by atoms with Crippen molar-refractivity contribution in [2.75, 3.05) is 20.8 Å². The second-order valence-electron chi connectivity index (χ2n) is 3.67. The van der Waals surface area contributed by atoms with E-state index in [-0.39, 0.29) is 6.61 Å². The Bertz CT molecular complexity index is 579. The Labute approximate surface area is 131 Å². The predicted octanol–water partition coefficient (Wildman–Crippen LogP) is 1.66. The molecule has 0 saturated heterocycles. The fourth-order valence-corrected chi connectivity index (χ4v) is 1.52. The van der Waals surface area contributed by atoms with E-state index in [4.69, 9.17) is 19.5 Å². The van der Waals surface area contributed by atoms with Crippen molar-refractivity contribution in [1.82, 2.24) is 5.32 Å². The van der Waals surface area contributed by atoms with Gasteiger partial charge in [-0.1, -0.05) is 5.92 Å². The summed E-state index contributed by atoms with van der Waals surface area (Å²) in [5, 5.41) is 11.4. The molecule has 21 heavy (non-hydrogen) atoms. The second kappa shape index (κ2) is 8.85. The lowest BCUT2D eigenvalue weighted by molar-refractivity contribution is 0.0684. The van der Waals surface area contributed by atoms with E-state index >= 15 is 0 Å². The van der Waals surface area contributed by atoms with Gasteiger partial charge >= 0.3 is 0 Å². The van der Waals surface area contributed by atoms with Crippen molar-refractivity contribution in [3.63, 3.8) is 0 Å². The molecule has 1 unspecified atom stereocenters. The molecular formula is C14H13BrN2O4. The van der Waals surface area contributed by atoms with Crippen LogP contribution in [0, 0.1) is 22.1 Å². The first-order chi connectivity index (χ1) is 10.1. The molecule has 0 radical (unpaired) electrons. The number of nitriles is 1. The van der Waals surface area contributed by atoms with Crippen molar-refractivity contribution in [3.8, 4) is 28.3 Å². The summed E-state index contributed by atoms with van der Waals surface area (Å²) >= 11 is 2.90. The molecule has 1 N–H and O–H groups in total. The third-order valence-electron chi connectivity index (χ3n) is 2.38. The van der Waals surface area contributed by atoms with Crippen molar-refractivity contribution < 1.29 is 19.0 Å². The maximum absolute atomic E-state index is 12.1. The summed E-state index contributed by atoms with van der Waals surface area (Å²) in [4.78, 5) is 14.5. The second-order valence-corrected chi connectivity index (χ2v) is 4.06. The minimum atomic E-state index is -1.09. The van der Waals surface area contributed by atoms with Gasteiger partial charge < -0.3 is 19.5 Å². The summed E-state index contributed by atoms with van der Waals surface area (Å²) in [6, 6.07) is 6.52. The number of methoxy groups -OCH3 is 2. The van der Waals surface area contributed by atoms with E-state index in [0.29, 0.717) is 17.1 Å². The molecule has 110 valence electrons. The summed E-state index contributed by atoms with van der Waals surface area (Å²) in [5.74, 6) is 3.03. The number of hydrogen-bond acceptors (Lipinski definition) is 5. The lowest BCUT2D eigenvalue weighted by Gasteiger charge is -2.12. The molecule has 1 aromatic rings. The van der Waals surface area contributed by atoms with Crippen LogP contribution in [0.2, 0.25) is 0 Å². The fourth-order valence-electron chi connectivity index (χ4n) is 1.40. The van der Waals surface area contributed by atoms with E-state index in [1.807, 2.05) is 6.07 Å². The minimum absolute atomic E-state index is 0.0190. The fraction of sp³-hybridized carbons (Fsp3) is 0.286. The highest BCUT2D eigenvalue weighted by Crippen LogP contribution is 2.22. The van der Waals surface area contributed by atoms with Gasteiger partial charge in [0.2, 0.25) is 6.23 Å². The van der Waals surface area contributed by atoms with Gasteiger partial charge in [-0.05, 0) is 17.0 Å². The van der Waals surface area contributed by atoms with E-state index in [9.17, 15) is 4.79 Å². The number of carbonyl (C=O) groups is 1. The first-order valence-electron chi connectivity index (χ1n) is 5.78. The zero-order chi connectivity index (χ0) is 15.7. The molecule has 0 aromatic heterocycles. The van der Waals surface area contributed by atoms with Gasteiger partial charge in [-0.2, -0.15) is 5.26 Å². The average molecular weight is 353 g/mol. The van der Waals surface area contributed by atoms with Gasteiger partial charge in [-0.3, -0.25) is 4.79 Å². The molecule has 7 heteroatoms. The highest BCUT2D eigenvalue weighted by molar-refractivity contribution is 9.12. The average Bonchev–Trinajstić information content (AvgIpc) is 2.53. The predicted molar refractivity (Wildman–Crippen MR) is 79.1 cm³/mol. The van der Waals surface area contributed by atoms with Crippen LogP contribution in [0.3, 0.4) is 0 Å². The number of halogens is 1. The molecule has 6 nitrogen and oxygen atoms in total. The van der Waals surface area contributed by atoms with Crippen LogP contribution in [0.5, 0.6) is 11.5 Å². The van der Waals surface area contributed by atoms with E-state index in [1.54, 1.807) is 6.07 Å². The van der Waals surface area contributed by atoms with Crippen LogP contribution in [-0.4, -0.2) is 33.0 Å². The zero-order valence-electron chi connectivity index (χ0n) is 11.5. The lowest BCUT2D eigenvalue weighted by atomic mass is 10.2. The number of amides is 1. The van der Waals surface area contributed by atoms with Crippen molar-refractivity contribution in [3.05, 3.63) is 23.8 Å². The van der Waals surface area contributed by atoms with Crippen LogP contribution in [0.4, 0.5) is 0 Å². The Hall–Kier alpha value is -2.22. The zero-order valence-corrected chi connectivity index (χ0v) is 13.1. The number of hydrogen-bond donors (Lipinski definition) is 1. The number of carbonyl (C=O) groups excluding carboxylic acids is 1. The number of nitrogens with zero attached hydrogens (tertiary/aromatic N) is 1. The topological polar surface area (TPSA) is 80.6 Å². The lowest BCUT2D eigenvalue weighted by Crippen LogP contribution is -2.36. The molecular weight excluding hydrogens is 340 g/mol. The third kappa shape index (κ3) is 5.35.